The molecule has 0 aromatic heterocycles. The normalized spacial score (nSPS) is 15.6. The third-order valence-electron chi connectivity index (χ3n) is 4.44. The molecule has 2 aromatic carbocycles. The van der Waals surface area contributed by atoms with Gasteiger partial charge in [0.2, 0.25) is 10.0 Å². The number of halogens is 1. The van der Waals surface area contributed by atoms with Gasteiger partial charge in [-0.2, -0.15) is 4.31 Å². The highest BCUT2D eigenvalue weighted by Crippen LogP contribution is 2.23. The molecular formula is C19H21FN2O3S. The summed E-state index contributed by atoms with van der Waals surface area (Å²) in [6.45, 7) is 2.81. The SMILES string of the molecule is Cc1ccc(NC(=O)c2cc(S(=O)(=O)N3CCCCC3)ccc2F)cc1. The fourth-order valence-electron chi connectivity index (χ4n) is 2.93. The van der Waals surface area contributed by atoms with Crippen LogP contribution in [0.25, 0.3) is 0 Å². The van der Waals surface area contributed by atoms with Crippen molar-refractivity contribution in [2.75, 3.05) is 18.4 Å². The minimum Gasteiger partial charge on any atom is -0.322 e. The number of carbonyl (C=O) groups is 1. The summed E-state index contributed by atoms with van der Waals surface area (Å²) in [5, 5.41) is 2.60. The largest absolute Gasteiger partial charge is 0.322 e. The van der Waals surface area contributed by atoms with Crippen LogP contribution in [0, 0.1) is 12.7 Å². The lowest BCUT2D eigenvalue weighted by Gasteiger charge is -2.26. The van der Waals surface area contributed by atoms with Crippen LogP contribution in [0.15, 0.2) is 47.4 Å². The molecule has 0 radical (unpaired) electrons. The molecule has 1 amide bonds. The first-order valence-electron chi connectivity index (χ1n) is 8.55. The number of benzene rings is 2. The Morgan fingerprint density at radius 3 is 2.35 bits per heavy atom. The van der Waals surface area contributed by atoms with E-state index >= 15 is 0 Å². The molecular weight excluding hydrogens is 355 g/mol. The van der Waals surface area contributed by atoms with Crippen LogP contribution in [0.3, 0.4) is 0 Å². The van der Waals surface area contributed by atoms with E-state index in [4.69, 9.17) is 0 Å². The third-order valence-corrected chi connectivity index (χ3v) is 6.34. The monoisotopic (exact) mass is 376 g/mol. The molecule has 1 heterocycles. The molecule has 0 aliphatic carbocycles. The van der Waals surface area contributed by atoms with Crippen molar-refractivity contribution in [1.82, 2.24) is 4.31 Å². The van der Waals surface area contributed by atoms with Crippen LogP contribution in [0.5, 0.6) is 0 Å². The average molecular weight is 376 g/mol. The van der Waals surface area contributed by atoms with Gasteiger partial charge in [0.05, 0.1) is 10.5 Å². The molecule has 7 heteroatoms. The van der Waals surface area contributed by atoms with Crippen molar-refractivity contribution in [2.45, 2.75) is 31.1 Å². The van der Waals surface area contributed by atoms with Crippen molar-refractivity contribution >= 4 is 21.6 Å². The number of piperidine rings is 1. The van der Waals surface area contributed by atoms with E-state index in [9.17, 15) is 17.6 Å². The molecule has 1 N–H and O–H groups in total. The molecule has 5 nitrogen and oxygen atoms in total. The molecule has 1 saturated heterocycles. The summed E-state index contributed by atoms with van der Waals surface area (Å²) in [5.41, 5.74) is 1.26. The topological polar surface area (TPSA) is 66.5 Å². The van der Waals surface area contributed by atoms with Crippen LogP contribution in [-0.4, -0.2) is 31.7 Å². The van der Waals surface area contributed by atoms with Gasteiger partial charge in [-0.15, -0.1) is 0 Å². The minimum absolute atomic E-state index is 0.0603. The third kappa shape index (κ3) is 3.94. The fourth-order valence-corrected chi connectivity index (χ4v) is 4.47. The van der Waals surface area contributed by atoms with Crippen LogP contribution in [0.2, 0.25) is 0 Å². The lowest BCUT2D eigenvalue weighted by atomic mass is 10.2. The van der Waals surface area contributed by atoms with Gasteiger partial charge in [0.15, 0.2) is 0 Å². The smallest absolute Gasteiger partial charge is 0.258 e. The second-order valence-corrected chi connectivity index (χ2v) is 8.36. The van der Waals surface area contributed by atoms with Gasteiger partial charge in [0.25, 0.3) is 5.91 Å². The standard InChI is InChI=1S/C19H21FN2O3S/c1-14-5-7-15(8-6-14)21-19(23)17-13-16(9-10-18(17)20)26(24,25)22-11-3-2-4-12-22/h5-10,13H,2-4,11-12H2,1H3,(H,21,23). The van der Waals surface area contributed by atoms with Gasteiger partial charge in [0.1, 0.15) is 5.82 Å². The van der Waals surface area contributed by atoms with Crippen LogP contribution in [0.4, 0.5) is 10.1 Å². The molecule has 1 aliphatic heterocycles. The molecule has 138 valence electrons. The highest BCUT2D eigenvalue weighted by atomic mass is 32.2. The first-order valence-corrected chi connectivity index (χ1v) is 10.00. The molecule has 0 unspecified atom stereocenters. The first-order chi connectivity index (χ1) is 12.4. The molecule has 0 spiro atoms. The van der Waals surface area contributed by atoms with Gasteiger partial charge in [-0.3, -0.25) is 4.79 Å². The number of nitrogens with one attached hydrogen (secondary N) is 1. The quantitative estimate of drug-likeness (QED) is 0.887. The summed E-state index contributed by atoms with van der Waals surface area (Å²) < 4.78 is 41.0. The predicted molar refractivity (Wildman–Crippen MR) is 98.1 cm³/mol. The highest BCUT2D eigenvalue weighted by molar-refractivity contribution is 7.89. The number of hydrogen-bond donors (Lipinski definition) is 1. The van der Waals surface area contributed by atoms with Gasteiger partial charge >= 0.3 is 0 Å². The lowest BCUT2D eigenvalue weighted by Crippen LogP contribution is -2.35. The first kappa shape index (κ1) is 18.5. The number of anilines is 1. The maximum absolute atomic E-state index is 14.1. The van der Waals surface area contributed by atoms with E-state index in [0.29, 0.717) is 18.8 Å². The highest BCUT2D eigenvalue weighted by Gasteiger charge is 2.27. The molecule has 1 aliphatic rings. The zero-order valence-electron chi connectivity index (χ0n) is 14.5. The van der Waals surface area contributed by atoms with Crippen LogP contribution in [-0.2, 0) is 10.0 Å². The van der Waals surface area contributed by atoms with Crippen molar-refractivity contribution in [3.8, 4) is 0 Å². The fraction of sp³-hybridized carbons (Fsp3) is 0.316. The molecule has 2 aromatic rings. The average Bonchev–Trinajstić information content (AvgIpc) is 2.64. The Morgan fingerprint density at radius 2 is 1.69 bits per heavy atom. The summed E-state index contributed by atoms with van der Waals surface area (Å²) in [7, 11) is -3.73. The Labute approximate surface area is 152 Å². The van der Waals surface area contributed by atoms with Gasteiger partial charge in [-0.25, -0.2) is 12.8 Å². The lowest BCUT2D eigenvalue weighted by molar-refractivity contribution is 0.102. The van der Waals surface area contributed by atoms with Crippen molar-refractivity contribution in [3.05, 3.63) is 59.4 Å². The molecule has 26 heavy (non-hydrogen) atoms. The number of amides is 1. The van der Waals surface area contributed by atoms with E-state index < -0.39 is 21.7 Å². The summed E-state index contributed by atoms with van der Waals surface area (Å²) in [6, 6.07) is 10.4. The number of rotatable bonds is 4. The Balaban J connectivity index is 1.87. The summed E-state index contributed by atoms with van der Waals surface area (Å²) in [6.07, 6.45) is 2.61. The number of hydrogen-bond acceptors (Lipinski definition) is 3. The minimum atomic E-state index is -3.73. The van der Waals surface area contributed by atoms with Crippen molar-refractivity contribution in [2.24, 2.45) is 0 Å². The maximum Gasteiger partial charge on any atom is 0.258 e. The van der Waals surface area contributed by atoms with Crippen LogP contribution >= 0.6 is 0 Å². The Kier molecular flexibility index (Phi) is 5.38. The molecule has 0 bridgehead atoms. The summed E-state index contributed by atoms with van der Waals surface area (Å²) >= 11 is 0. The Hall–Kier alpha value is -2.25. The molecule has 0 saturated carbocycles. The second kappa shape index (κ2) is 7.55. The van der Waals surface area contributed by atoms with Gasteiger partial charge in [-0.1, -0.05) is 24.1 Å². The number of nitrogens with zero attached hydrogens (tertiary/aromatic N) is 1. The maximum atomic E-state index is 14.1. The number of sulfonamides is 1. The van der Waals surface area contributed by atoms with Crippen molar-refractivity contribution in [1.29, 1.82) is 0 Å². The van der Waals surface area contributed by atoms with Gasteiger partial charge in [-0.05, 0) is 50.1 Å². The van der Waals surface area contributed by atoms with Crippen LogP contribution < -0.4 is 5.32 Å². The summed E-state index contributed by atoms with van der Waals surface area (Å²) in [5.74, 6) is -1.44. The van der Waals surface area contributed by atoms with Crippen molar-refractivity contribution in [3.63, 3.8) is 0 Å². The van der Waals surface area contributed by atoms with E-state index in [1.165, 1.54) is 10.4 Å². The van der Waals surface area contributed by atoms with E-state index in [2.05, 4.69) is 5.32 Å². The molecule has 1 fully saturated rings. The zero-order chi connectivity index (χ0) is 18.7. The number of aryl methyl sites for hydroxylation is 1. The Morgan fingerprint density at radius 1 is 1.04 bits per heavy atom. The predicted octanol–water partition coefficient (Wildman–Crippen LogP) is 3.56. The molecule has 0 atom stereocenters. The summed E-state index contributed by atoms with van der Waals surface area (Å²) in [4.78, 5) is 12.4. The second-order valence-electron chi connectivity index (χ2n) is 6.43. The zero-order valence-corrected chi connectivity index (χ0v) is 15.4. The Bertz CT molecular complexity index is 905. The van der Waals surface area contributed by atoms with Crippen LogP contribution in [0.1, 0.15) is 35.2 Å². The van der Waals surface area contributed by atoms with E-state index in [1.807, 2.05) is 19.1 Å². The van der Waals surface area contributed by atoms with Gasteiger partial charge in [0, 0.05) is 18.8 Å². The molecule has 3 rings (SSSR count). The van der Waals surface area contributed by atoms with E-state index in [0.717, 1.165) is 37.0 Å². The number of carbonyl (C=O) groups excluding carboxylic acids is 1. The van der Waals surface area contributed by atoms with Gasteiger partial charge < -0.3 is 5.32 Å². The van der Waals surface area contributed by atoms with E-state index in [1.54, 1.807) is 12.1 Å². The van der Waals surface area contributed by atoms with Crippen molar-refractivity contribution < 1.29 is 17.6 Å². The van der Waals surface area contributed by atoms with E-state index in [-0.39, 0.29) is 10.5 Å².